The van der Waals surface area contributed by atoms with Crippen LogP contribution in [0.5, 0.6) is 0 Å². The third-order valence-electron chi connectivity index (χ3n) is 3.55. The van der Waals surface area contributed by atoms with E-state index in [2.05, 4.69) is 22.4 Å². The van der Waals surface area contributed by atoms with Gasteiger partial charge in [-0.2, -0.15) is 0 Å². The summed E-state index contributed by atoms with van der Waals surface area (Å²) in [5.74, 6) is 0.0688. The molecule has 1 amide bonds. The van der Waals surface area contributed by atoms with Crippen LogP contribution in [-0.4, -0.2) is 55.7 Å². The molecule has 18 heavy (non-hydrogen) atoms. The molecular weight excluding hydrogens is 230 g/mol. The van der Waals surface area contributed by atoms with Crippen LogP contribution in [0.25, 0.3) is 0 Å². The van der Waals surface area contributed by atoms with Gasteiger partial charge in [0.25, 0.3) is 0 Å². The summed E-state index contributed by atoms with van der Waals surface area (Å²) in [7, 11) is 0. The molecule has 2 heterocycles. The molecule has 2 aliphatic rings. The minimum Gasteiger partial charge on any atom is -0.376 e. The summed E-state index contributed by atoms with van der Waals surface area (Å²) in [4.78, 5) is 14.0. The molecule has 0 radical (unpaired) electrons. The number of ether oxygens (including phenoxy) is 1. The highest BCUT2D eigenvalue weighted by Crippen LogP contribution is 2.11. The van der Waals surface area contributed by atoms with Gasteiger partial charge < -0.3 is 15.8 Å². The molecule has 0 aliphatic carbocycles. The fourth-order valence-corrected chi connectivity index (χ4v) is 2.48. The lowest BCUT2D eigenvalue weighted by molar-refractivity contribution is -0.123. The minimum atomic E-state index is 0.0688. The zero-order chi connectivity index (χ0) is 12.8. The third kappa shape index (κ3) is 3.80. The molecule has 0 spiro atoms. The molecule has 5 nitrogen and oxygen atoms in total. The molecule has 2 unspecified atom stereocenters. The van der Waals surface area contributed by atoms with E-state index in [0.717, 1.165) is 32.4 Å². The number of nitrogens with one attached hydrogen (secondary N) is 1. The lowest BCUT2D eigenvalue weighted by atomic mass is 10.1. The van der Waals surface area contributed by atoms with Crippen LogP contribution in [0.4, 0.5) is 0 Å². The number of carbonyl (C=O) groups excluding carboxylic acids is 1. The molecule has 102 valence electrons. The zero-order valence-corrected chi connectivity index (χ0v) is 10.8. The summed E-state index contributed by atoms with van der Waals surface area (Å²) in [6, 6.07) is 0.201. The number of amides is 1. The average Bonchev–Trinajstić information content (AvgIpc) is 2.90. The van der Waals surface area contributed by atoms with Crippen LogP contribution in [0.3, 0.4) is 0 Å². The van der Waals surface area contributed by atoms with Crippen LogP contribution in [0.15, 0.2) is 12.2 Å². The Balaban J connectivity index is 1.70. The van der Waals surface area contributed by atoms with E-state index < -0.39 is 0 Å². The lowest BCUT2D eigenvalue weighted by Crippen LogP contribution is -2.47. The Morgan fingerprint density at radius 2 is 2.44 bits per heavy atom. The van der Waals surface area contributed by atoms with Gasteiger partial charge in [-0.15, -0.1) is 0 Å². The van der Waals surface area contributed by atoms with Gasteiger partial charge in [-0.1, -0.05) is 12.2 Å². The van der Waals surface area contributed by atoms with Gasteiger partial charge in [-0.25, -0.2) is 0 Å². The number of carbonyl (C=O) groups is 1. The molecule has 5 heteroatoms. The second kappa shape index (κ2) is 6.87. The summed E-state index contributed by atoms with van der Waals surface area (Å²) in [5, 5.41) is 2.95. The van der Waals surface area contributed by atoms with Gasteiger partial charge in [0.05, 0.1) is 12.6 Å². The predicted molar refractivity (Wildman–Crippen MR) is 70.2 cm³/mol. The van der Waals surface area contributed by atoms with Crippen LogP contribution in [-0.2, 0) is 9.53 Å². The van der Waals surface area contributed by atoms with E-state index in [9.17, 15) is 4.79 Å². The highest BCUT2D eigenvalue weighted by Gasteiger charge is 2.21. The second-order valence-corrected chi connectivity index (χ2v) is 4.93. The quantitative estimate of drug-likeness (QED) is 0.670. The second-order valence-electron chi connectivity index (χ2n) is 4.93. The predicted octanol–water partition coefficient (Wildman–Crippen LogP) is -0.129. The Morgan fingerprint density at radius 3 is 3.17 bits per heavy atom. The minimum absolute atomic E-state index is 0.0688. The Hall–Kier alpha value is -0.910. The standard InChI is InChI=1S/C13H23N3O2/c14-8-11-4-1-2-6-16(11)10-13(17)15-9-12-5-3-7-18-12/h1,4,11-12H,2-3,5-10,14H2,(H,15,17). The Morgan fingerprint density at radius 1 is 1.56 bits per heavy atom. The number of nitrogens with two attached hydrogens (primary N) is 1. The highest BCUT2D eigenvalue weighted by atomic mass is 16.5. The van der Waals surface area contributed by atoms with Crippen molar-refractivity contribution in [3.05, 3.63) is 12.2 Å². The summed E-state index contributed by atoms with van der Waals surface area (Å²) >= 11 is 0. The third-order valence-corrected chi connectivity index (χ3v) is 3.55. The number of hydrogen-bond acceptors (Lipinski definition) is 4. The van der Waals surface area contributed by atoms with Gasteiger partial charge in [0.1, 0.15) is 0 Å². The van der Waals surface area contributed by atoms with Crippen molar-refractivity contribution in [2.45, 2.75) is 31.4 Å². The molecule has 1 saturated heterocycles. The maximum atomic E-state index is 11.9. The first kappa shape index (κ1) is 13.5. The van der Waals surface area contributed by atoms with Gasteiger partial charge in [0.15, 0.2) is 0 Å². The number of hydrogen-bond donors (Lipinski definition) is 2. The Kier molecular flexibility index (Phi) is 5.16. The molecule has 2 rings (SSSR count). The molecule has 2 atom stereocenters. The van der Waals surface area contributed by atoms with Crippen molar-refractivity contribution in [2.75, 3.05) is 32.8 Å². The van der Waals surface area contributed by atoms with E-state index in [1.54, 1.807) is 0 Å². The molecule has 0 aromatic rings. The van der Waals surface area contributed by atoms with Crippen LogP contribution < -0.4 is 11.1 Å². The molecular formula is C13H23N3O2. The van der Waals surface area contributed by atoms with Crippen molar-refractivity contribution in [1.29, 1.82) is 0 Å². The summed E-state index contributed by atoms with van der Waals surface area (Å²) in [5.41, 5.74) is 5.70. The monoisotopic (exact) mass is 253 g/mol. The Labute approximate surface area is 108 Å². The maximum absolute atomic E-state index is 11.9. The molecule has 1 fully saturated rings. The van der Waals surface area contributed by atoms with Gasteiger partial charge in [0, 0.05) is 32.3 Å². The van der Waals surface area contributed by atoms with Crippen LogP contribution in [0, 0.1) is 0 Å². The van der Waals surface area contributed by atoms with E-state index in [4.69, 9.17) is 10.5 Å². The first-order valence-corrected chi connectivity index (χ1v) is 6.78. The maximum Gasteiger partial charge on any atom is 0.234 e. The van der Waals surface area contributed by atoms with Crippen molar-refractivity contribution in [3.8, 4) is 0 Å². The van der Waals surface area contributed by atoms with E-state index >= 15 is 0 Å². The lowest BCUT2D eigenvalue weighted by Gasteiger charge is -2.30. The fraction of sp³-hybridized carbons (Fsp3) is 0.769. The summed E-state index contributed by atoms with van der Waals surface area (Å²) in [6.45, 7) is 3.36. The van der Waals surface area contributed by atoms with Crippen molar-refractivity contribution in [1.82, 2.24) is 10.2 Å². The van der Waals surface area contributed by atoms with Gasteiger partial charge in [0.2, 0.25) is 5.91 Å². The molecule has 3 N–H and O–H groups in total. The largest absolute Gasteiger partial charge is 0.376 e. The van der Waals surface area contributed by atoms with Crippen molar-refractivity contribution in [2.24, 2.45) is 5.73 Å². The summed E-state index contributed by atoms with van der Waals surface area (Å²) < 4.78 is 5.48. The number of nitrogens with zero attached hydrogens (tertiary/aromatic N) is 1. The normalized spacial score (nSPS) is 28.5. The van der Waals surface area contributed by atoms with E-state index in [1.807, 2.05) is 0 Å². The summed E-state index contributed by atoms with van der Waals surface area (Å²) in [6.07, 6.45) is 7.59. The van der Waals surface area contributed by atoms with Gasteiger partial charge in [-0.3, -0.25) is 9.69 Å². The first-order chi connectivity index (χ1) is 8.79. The van der Waals surface area contributed by atoms with E-state index in [1.165, 1.54) is 0 Å². The topological polar surface area (TPSA) is 67.6 Å². The zero-order valence-electron chi connectivity index (χ0n) is 10.8. The molecule has 0 saturated carbocycles. The molecule has 0 aromatic heterocycles. The van der Waals surface area contributed by atoms with Crippen LogP contribution >= 0.6 is 0 Å². The SMILES string of the molecule is NCC1C=CCCN1CC(=O)NCC1CCCO1. The fourth-order valence-electron chi connectivity index (χ4n) is 2.48. The van der Waals surface area contributed by atoms with Gasteiger partial charge >= 0.3 is 0 Å². The van der Waals surface area contributed by atoms with E-state index in [0.29, 0.717) is 19.6 Å². The van der Waals surface area contributed by atoms with Crippen LogP contribution in [0.1, 0.15) is 19.3 Å². The van der Waals surface area contributed by atoms with Crippen LogP contribution in [0.2, 0.25) is 0 Å². The van der Waals surface area contributed by atoms with Crippen molar-refractivity contribution < 1.29 is 9.53 Å². The smallest absolute Gasteiger partial charge is 0.234 e. The average molecular weight is 253 g/mol. The number of rotatable bonds is 5. The van der Waals surface area contributed by atoms with Crippen molar-refractivity contribution in [3.63, 3.8) is 0 Å². The molecule has 0 bridgehead atoms. The highest BCUT2D eigenvalue weighted by molar-refractivity contribution is 5.78. The van der Waals surface area contributed by atoms with Crippen molar-refractivity contribution >= 4 is 5.91 Å². The molecule has 2 aliphatic heterocycles. The van der Waals surface area contributed by atoms with Gasteiger partial charge in [-0.05, 0) is 19.3 Å². The Bertz CT molecular complexity index is 301. The first-order valence-electron chi connectivity index (χ1n) is 6.78. The van der Waals surface area contributed by atoms with E-state index in [-0.39, 0.29) is 18.1 Å². The molecule has 0 aromatic carbocycles.